The molecule has 14 aromatic rings. The Morgan fingerprint density at radius 1 is 0.205 bits per heavy atom. The van der Waals surface area contributed by atoms with Crippen LogP contribution < -0.4 is 21.2 Å². The molecule has 0 amide bonds. The maximum atomic E-state index is 14.9. The Labute approximate surface area is 454 Å². The molecule has 78 heavy (non-hydrogen) atoms. The standard InChI is InChI=1S/C74H52O2P2/c1-77(75,61-43-39-51(40-44-61)71-63-23-8-10-25-65(63)73(66-26-11-9-24-64(66)71)57-35-31-49-17-6-7-18-52(49)46-57)60-41-37-50(38-42-60)53-32-33-55-47-58(36-34-54(55)45-53)74-69-29-14-12-27-67(69)72(68-28-13-15-30-70(68)74)56-19-16-22-62(48-56)78(2,76)59-20-4-3-5-21-59/h3-48H,1-2H3. The maximum Gasteiger partial charge on any atom is 0.140 e. The average molecular weight is 1040 g/mol. The zero-order valence-corrected chi connectivity index (χ0v) is 45.1. The van der Waals surface area contributed by atoms with Gasteiger partial charge >= 0.3 is 0 Å². The zero-order chi connectivity index (χ0) is 52.5. The number of rotatable bonds is 9. The smallest absolute Gasteiger partial charge is 0.140 e. The van der Waals surface area contributed by atoms with Crippen LogP contribution in [0, 0.1) is 0 Å². The summed E-state index contributed by atoms with van der Waals surface area (Å²) >= 11 is 0. The summed E-state index contributed by atoms with van der Waals surface area (Å²) in [5.74, 6) is 0. The molecule has 0 bridgehead atoms. The third kappa shape index (κ3) is 8.03. The van der Waals surface area contributed by atoms with E-state index in [4.69, 9.17) is 0 Å². The van der Waals surface area contributed by atoms with E-state index in [1.165, 1.54) is 65.3 Å². The fourth-order valence-corrected chi connectivity index (χ4v) is 15.7. The molecule has 4 heteroatoms. The van der Waals surface area contributed by atoms with Crippen molar-refractivity contribution >= 4 is 100 Å². The Kier molecular flexibility index (Phi) is 11.6. The molecule has 2 unspecified atom stereocenters. The predicted octanol–water partition coefficient (Wildman–Crippen LogP) is 18.8. The summed E-state index contributed by atoms with van der Waals surface area (Å²) < 4.78 is 29.3. The summed E-state index contributed by atoms with van der Waals surface area (Å²) in [5, 5.41) is 17.6. The van der Waals surface area contributed by atoms with Crippen LogP contribution >= 0.6 is 14.3 Å². The first-order valence-electron chi connectivity index (χ1n) is 26.6. The summed E-state index contributed by atoms with van der Waals surface area (Å²) in [6.07, 6.45) is 0. The van der Waals surface area contributed by atoms with Crippen molar-refractivity contribution in [1.29, 1.82) is 0 Å². The third-order valence-corrected chi connectivity index (χ3v) is 21.4. The molecule has 0 aromatic heterocycles. The minimum atomic E-state index is -2.95. The third-order valence-electron chi connectivity index (χ3n) is 16.2. The van der Waals surface area contributed by atoms with E-state index in [1.54, 1.807) is 0 Å². The van der Waals surface area contributed by atoms with Crippen molar-refractivity contribution < 1.29 is 9.13 Å². The molecule has 2 nitrogen and oxygen atoms in total. The topological polar surface area (TPSA) is 34.1 Å². The van der Waals surface area contributed by atoms with Gasteiger partial charge in [-0.1, -0.05) is 255 Å². The molecule has 0 aliphatic carbocycles. The van der Waals surface area contributed by atoms with Crippen molar-refractivity contribution in [3.8, 4) is 55.6 Å². The molecule has 0 heterocycles. The zero-order valence-electron chi connectivity index (χ0n) is 43.3. The van der Waals surface area contributed by atoms with Crippen LogP contribution in [-0.4, -0.2) is 13.3 Å². The van der Waals surface area contributed by atoms with Crippen LogP contribution in [0.25, 0.3) is 120 Å². The lowest BCUT2D eigenvalue weighted by atomic mass is 9.85. The molecular weight excluding hydrogens is 983 g/mol. The van der Waals surface area contributed by atoms with Crippen molar-refractivity contribution in [3.05, 3.63) is 279 Å². The SMILES string of the molecule is CP(=O)(c1ccc(-c2ccc3cc(-c4c5ccccc5c(-c5cccc(P(C)(=O)c6ccccc6)c5)c5ccccc45)ccc3c2)cc1)c1ccc(-c2c3ccccc3c(-c3ccc4ccccc4c3)c3ccccc23)cc1. The quantitative estimate of drug-likeness (QED) is 0.107. The van der Waals surface area contributed by atoms with Gasteiger partial charge in [0.15, 0.2) is 0 Å². The molecule has 14 aromatic carbocycles. The maximum absolute atomic E-state index is 14.9. The summed E-state index contributed by atoms with van der Waals surface area (Å²) in [4.78, 5) is 0. The van der Waals surface area contributed by atoms with Gasteiger partial charge in [-0.25, -0.2) is 0 Å². The Morgan fingerprint density at radius 3 is 0.974 bits per heavy atom. The van der Waals surface area contributed by atoms with Gasteiger partial charge in [0.1, 0.15) is 14.3 Å². The first-order chi connectivity index (χ1) is 38.2. The Balaban J connectivity index is 0.765. The van der Waals surface area contributed by atoms with Crippen LogP contribution in [0.5, 0.6) is 0 Å². The molecule has 0 radical (unpaired) electrons. The van der Waals surface area contributed by atoms with Gasteiger partial charge in [-0.05, 0) is 158 Å². The Hall–Kier alpha value is -8.90. The second-order valence-electron chi connectivity index (χ2n) is 20.8. The van der Waals surface area contributed by atoms with Gasteiger partial charge in [0.05, 0.1) is 0 Å². The molecule has 0 aliphatic heterocycles. The van der Waals surface area contributed by atoms with Crippen molar-refractivity contribution in [1.82, 2.24) is 0 Å². The lowest BCUT2D eigenvalue weighted by Gasteiger charge is -2.19. The van der Waals surface area contributed by atoms with E-state index in [0.29, 0.717) is 0 Å². The van der Waals surface area contributed by atoms with Crippen LogP contribution in [0.4, 0.5) is 0 Å². The molecule has 14 rings (SSSR count). The molecular formula is C74H52O2P2. The molecule has 0 saturated carbocycles. The second-order valence-corrected chi connectivity index (χ2v) is 26.6. The molecule has 0 N–H and O–H groups in total. The van der Waals surface area contributed by atoms with Crippen LogP contribution in [0.2, 0.25) is 0 Å². The van der Waals surface area contributed by atoms with Gasteiger partial charge in [-0.3, -0.25) is 0 Å². The van der Waals surface area contributed by atoms with Crippen molar-refractivity contribution in [2.75, 3.05) is 13.3 Å². The van der Waals surface area contributed by atoms with Gasteiger partial charge in [0, 0.05) is 21.2 Å². The molecule has 2 atom stereocenters. The van der Waals surface area contributed by atoms with Crippen LogP contribution in [0.15, 0.2) is 279 Å². The molecule has 0 fully saturated rings. The first-order valence-corrected chi connectivity index (χ1v) is 30.9. The summed E-state index contributed by atoms with van der Waals surface area (Å²) in [7, 11) is -5.78. The van der Waals surface area contributed by atoms with E-state index < -0.39 is 14.3 Å². The van der Waals surface area contributed by atoms with E-state index in [-0.39, 0.29) is 0 Å². The fraction of sp³-hybridized carbons (Fsp3) is 0.0270. The minimum absolute atomic E-state index is 0.829. The van der Waals surface area contributed by atoms with Crippen molar-refractivity contribution in [2.45, 2.75) is 0 Å². The summed E-state index contributed by atoms with van der Waals surface area (Å²) in [5.41, 5.74) is 11.4. The normalized spacial score (nSPS) is 13.3. The van der Waals surface area contributed by atoms with E-state index in [9.17, 15) is 9.13 Å². The van der Waals surface area contributed by atoms with Crippen LogP contribution in [0.3, 0.4) is 0 Å². The van der Waals surface area contributed by atoms with Crippen LogP contribution in [-0.2, 0) is 9.13 Å². The number of benzene rings is 14. The summed E-state index contributed by atoms with van der Waals surface area (Å²) in [6.45, 7) is 3.77. The molecule has 0 spiro atoms. The van der Waals surface area contributed by atoms with Gasteiger partial charge < -0.3 is 9.13 Å². The molecule has 0 saturated heterocycles. The van der Waals surface area contributed by atoms with Crippen LogP contribution in [0.1, 0.15) is 0 Å². The minimum Gasteiger partial charge on any atom is -0.314 e. The van der Waals surface area contributed by atoms with Gasteiger partial charge in [-0.15, -0.1) is 0 Å². The number of hydrogen-bond acceptors (Lipinski definition) is 2. The average Bonchev–Trinajstić information content (AvgIpc) is 3.61. The van der Waals surface area contributed by atoms with Crippen molar-refractivity contribution in [2.24, 2.45) is 0 Å². The highest BCUT2D eigenvalue weighted by atomic mass is 31.2. The highest BCUT2D eigenvalue weighted by molar-refractivity contribution is 7.78. The largest absolute Gasteiger partial charge is 0.314 e. The van der Waals surface area contributed by atoms with Crippen molar-refractivity contribution in [3.63, 3.8) is 0 Å². The monoisotopic (exact) mass is 1030 g/mol. The van der Waals surface area contributed by atoms with Gasteiger partial charge in [0.2, 0.25) is 0 Å². The Bertz CT molecular complexity index is 4690. The summed E-state index contributed by atoms with van der Waals surface area (Å²) in [6, 6.07) is 98.6. The number of fused-ring (bicyclic) bond motifs is 6. The fourth-order valence-electron chi connectivity index (χ4n) is 12.2. The number of hydrogen-bond donors (Lipinski definition) is 0. The van der Waals surface area contributed by atoms with Gasteiger partial charge in [0.25, 0.3) is 0 Å². The highest BCUT2D eigenvalue weighted by Crippen LogP contribution is 2.48. The van der Waals surface area contributed by atoms with E-state index in [0.717, 1.165) is 76.1 Å². The molecule has 0 aliphatic rings. The lowest BCUT2D eigenvalue weighted by molar-refractivity contribution is 0.589. The predicted molar refractivity (Wildman–Crippen MR) is 337 cm³/mol. The lowest BCUT2D eigenvalue weighted by Crippen LogP contribution is -2.14. The molecule has 370 valence electrons. The first kappa shape index (κ1) is 47.5. The second kappa shape index (κ2) is 19.0. The highest BCUT2D eigenvalue weighted by Gasteiger charge is 2.25. The van der Waals surface area contributed by atoms with Gasteiger partial charge in [-0.2, -0.15) is 0 Å². The van der Waals surface area contributed by atoms with E-state index in [1.807, 2.05) is 67.9 Å². The van der Waals surface area contributed by atoms with E-state index >= 15 is 0 Å². The van der Waals surface area contributed by atoms with E-state index in [2.05, 4.69) is 224 Å². The Morgan fingerprint density at radius 2 is 0.500 bits per heavy atom.